The van der Waals surface area contributed by atoms with E-state index in [4.69, 9.17) is 0 Å². The van der Waals surface area contributed by atoms with E-state index >= 15 is 0 Å². The molecule has 72 valence electrons. The van der Waals surface area contributed by atoms with Crippen molar-refractivity contribution in [1.29, 1.82) is 0 Å². The van der Waals surface area contributed by atoms with Crippen molar-refractivity contribution in [1.82, 2.24) is 14.9 Å². The van der Waals surface area contributed by atoms with Gasteiger partial charge in [-0.3, -0.25) is 4.90 Å². The molecular formula is C10H17N3. The standard InChI is InChI=1S/C10H17N3/c1-10(2,3)9-11-7-5-13(4)6-8(7)12-9/h5-6H2,1-4H3,(H,11,12). The highest BCUT2D eigenvalue weighted by molar-refractivity contribution is 5.21. The van der Waals surface area contributed by atoms with Gasteiger partial charge in [-0.1, -0.05) is 20.8 Å². The molecule has 1 aliphatic rings. The minimum absolute atomic E-state index is 0.142. The Balaban J connectivity index is 2.32. The Kier molecular flexibility index (Phi) is 1.74. The third-order valence-corrected chi connectivity index (χ3v) is 2.42. The molecule has 0 aromatic carbocycles. The molecule has 0 radical (unpaired) electrons. The highest BCUT2D eigenvalue weighted by Gasteiger charge is 2.25. The maximum Gasteiger partial charge on any atom is 0.112 e. The lowest BCUT2D eigenvalue weighted by atomic mass is 9.96. The van der Waals surface area contributed by atoms with Gasteiger partial charge < -0.3 is 4.98 Å². The van der Waals surface area contributed by atoms with Gasteiger partial charge in [-0.05, 0) is 7.05 Å². The number of H-pyrrole nitrogens is 1. The summed E-state index contributed by atoms with van der Waals surface area (Å²) in [6.45, 7) is 8.56. The average Bonchev–Trinajstić information content (AvgIpc) is 2.40. The molecule has 0 spiro atoms. The summed E-state index contributed by atoms with van der Waals surface area (Å²) in [6.07, 6.45) is 0. The Morgan fingerprint density at radius 2 is 2.00 bits per heavy atom. The lowest BCUT2D eigenvalue weighted by Gasteiger charge is -2.15. The monoisotopic (exact) mass is 179 g/mol. The molecule has 1 aromatic rings. The summed E-state index contributed by atoms with van der Waals surface area (Å²) < 4.78 is 0. The van der Waals surface area contributed by atoms with Crippen LogP contribution in [-0.4, -0.2) is 21.9 Å². The molecule has 1 N–H and O–H groups in total. The molecule has 0 aliphatic carbocycles. The van der Waals surface area contributed by atoms with Crippen LogP contribution in [0.15, 0.2) is 0 Å². The van der Waals surface area contributed by atoms with Crippen molar-refractivity contribution in [3.05, 3.63) is 17.2 Å². The number of imidazole rings is 1. The number of aromatic nitrogens is 2. The van der Waals surface area contributed by atoms with E-state index < -0.39 is 0 Å². The topological polar surface area (TPSA) is 31.9 Å². The highest BCUT2D eigenvalue weighted by Crippen LogP contribution is 2.25. The van der Waals surface area contributed by atoms with E-state index in [1.165, 1.54) is 11.4 Å². The molecule has 1 aliphatic heterocycles. The van der Waals surface area contributed by atoms with Crippen LogP contribution in [-0.2, 0) is 18.5 Å². The quantitative estimate of drug-likeness (QED) is 0.656. The number of nitrogens with zero attached hydrogens (tertiary/aromatic N) is 2. The maximum absolute atomic E-state index is 4.62. The molecule has 3 heteroatoms. The number of fused-ring (bicyclic) bond motifs is 1. The van der Waals surface area contributed by atoms with E-state index in [-0.39, 0.29) is 5.41 Å². The molecule has 1 aromatic heterocycles. The highest BCUT2D eigenvalue weighted by atomic mass is 15.2. The second-order valence-electron chi connectivity index (χ2n) is 4.93. The van der Waals surface area contributed by atoms with Crippen molar-refractivity contribution in [2.75, 3.05) is 7.05 Å². The van der Waals surface area contributed by atoms with Crippen LogP contribution in [0.25, 0.3) is 0 Å². The second-order valence-corrected chi connectivity index (χ2v) is 4.93. The number of hydrogen-bond donors (Lipinski definition) is 1. The first-order valence-corrected chi connectivity index (χ1v) is 4.73. The van der Waals surface area contributed by atoms with E-state index in [9.17, 15) is 0 Å². The molecule has 0 fully saturated rings. The van der Waals surface area contributed by atoms with Crippen molar-refractivity contribution in [3.63, 3.8) is 0 Å². The van der Waals surface area contributed by atoms with Crippen LogP contribution in [0.3, 0.4) is 0 Å². The molecule has 2 rings (SSSR count). The molecule has 0 saturated heterocycles. The largest absolute Gasteiger partial charge is 0.344 e. The maximum atomic E-state index is 4.62. The fraction of sp³-hybridized carbons (Fsp3) is 0.700. The minimum atomic E-state index is 0.142. The second kappa shape index (κ2) is 2.58. The van der Waals surface area contributed by atoms with Crippen LogP contribution >= 0.6 is 0 Å². The average molecular weight is 179 g/mol. The zero-order valence-corrected chi connectivity index (χ0v) is 8.81. The van der Waals surface area contributed by atoms with Gasteiger partial charge in [-0.25, -0.2) is 4.98 Å². The Morgan fingerprint density at radius 1 is 1.31 bits per heavy atom. The zero-order valence-electron chi connectivity index (χ0n) is 8.81. The fourth-order valence-electron chi connectivity index (χ4n) is 1.64. The van der Waals surface area contributed by atoms with Crippen molar-refractivity contribution in [2.45, 2.75) is 39.3 Å². The molecule has 13 heavy (non-hydrogen) atoms. The van der Waals surface area contributed by atoms with E-state index in [0.29, 0.717) is 0 Å². The first kappa shape index (κ1) is 8.75. The van der Waals surface area contributed by atoms with Crippen molar-refractivity contribution in [3.8, 4) is 0 Å². The fourth-order valence-corrected chi connectivity index (χ4v) is 1.64. The summed E-state index contributed by atoms with van der Waals surface area (Å²) in [6, 6.07) is 0. The Hall–Kier alpha value is -0.830. The van der Waals surface area contributed by atoms with Gasteiger partial charge in [0.15, 0.2) is 0 Å². The van der Waals surface area contributed by atoms with Gasteiger partial charge in [0.25, 0.3) is 0 Å². The van der Waals surface area contributed by atoms with Gasteiger partial charge in [-0.15, -0.1) is 0 Å². The summed E-state index contributed by atoms with van der Waals surface area (Å²) in [7, 11) is 2.12. The summed E-state index contributed by atoms with van der Waals surface area (Å²) >= 11 is 0. The Labute approximate surface area is 79.2 Å². The molecule has 2 heterocycles. The minimum Gasteiger partial charge on any atom is -0.344 e. The summed E-state index contributed by atoms with van der Waals surface area (Å²) in [4.78, 5) is 10.3. The van der Waals surface area contributed by atoms with Gasteiger partial charge in [-0.2, -0.15) is 0 Å². The lowest BCUT2D eigenvalue weighted by molar-refractivity contribution is 0.345. The summed E-state index contributed by atoms with van der Waals surface area (Å²) in [5.41, 5.74) is 2.67. The predicted molar refractivity (Wildman–Crippen MR) is 52.5 cm³/mol. The number of hydrogen-bond acceptors (Lipinski definition) is 2. The molecular weight excluding hydrogens is 162 g/mol. The lowest BCUT2D eigenvalue weighted by Crippen LogP contribution is -2.16. The smallest absolute Gasteiger partial charge is 0.112 e. The van der Waals surface area contributed by atoms with E-state index in [0.717, 1.165) is 18.9 Å². The normalized spacial score (nSPS) is 17.8. The van der Waals surface area contributed by atoms with E-state index in [1.807, 2.05) is 0 Å². The van der Waals surface area contributed by atoms with Crippen LogP contribution in [0.5, 0.6) is 0 Å². The summed E-state index contributed by atoms with van der Waals surface area (Å²) in [5.74, 6) is 1.12. The van der Waals surface area contributed by atoms with Crippen molar-refractivity contribution >= 4 is 0 Å². The van der Waals surface area contributed by atoms with Gasteiger partial charge in [0.2, 0.25) is 0 Å². The van der Waals surface area contributed by atoms with Crippen LogP contribution in [0, 0.1) is 0 Å². The SMILES string of the molecule is CN1Cc2nc(C(C)(C)C)[nH]c2C1. The molecule has 0 saturated carbocycles. The number of aromatic amines is 1. The first-order chi connectivity index (χ1) is 5.97. The molecule has 3 nitrogen and oxygen atoms in total. The van der Waals surface area contributed by atoms with Gasteiger partial charge in [0, 0.05) is 18.5 Å². The van der Waals surface area contributed by atoms with Crippen LogP contribution < -0.4 is 0 Å². The van der Waals surface area contributed by atoms with Crippen molar-refractivity contribution in [2.24, 2.45) is 0 Å². The zero-order chi connectivity index (χ0) is 9.64. The summed E-state index contributed by atoms with van der Waals surface area (Å²) in [5, 5.41) is 0. The predicted octanol–water partition coefficient (Wildman–Crippen LogP) is 1.65. The number of rotatable bonds is 0. The van der Waals surface area contributed by atoms with Gasteiger partial charge >= 0.3 is 0 Å². The Morgan fingerprint density at radius 3 is 2.54 bits per heavy atom. The third kappa shape index (κ3) is 1.48. The van der Waals surface area contributed by atoms with Gasteiger partial charge in [0.05, 0.1) is 11.4 Å². The van der Waals surface area contributed by atoms with E-state index in [1.54, 1.807) is 0 Å². The van der Waals surface area contributed by atoms with Crippen LogP contribution in [0.4, 0.5) is 0 Å². The van der Waals surface area contributed by atoms with Gasteiger partial charge in [0.1, 0.15) is 5.82 Å². The van der Waals surface area contributed by atoms with E-state index in [2.05, 4.69) is 42.7 Å². The molecule has 0 amide bonds. The van der Waals surface area contributed by atoms with Crippen LogP contribution in [0.2, 0.25) is 0 Å². The molecule has 0 bridgehead atoms. The first-order valence-electron chi connectivity index (χ1n) is 4.73. The van der Waals surface area contributed by atoms with Crippen LogP contribution in [0.1, 0.15) is 38.0 Å². The third-order valence-electron chi connectivity index (χ3n) is 2.42. The molecule has 0 unspecified atom stereocenters. The number of nitrogens with one attached hydrogen (secondary N) is 1. The Bertz CT molecular complexity index is 296. The molecule has 0 atom stereocenters. The van der Waals surface area contributed by atoms with Crippen molar-refractivity contribution < 1.29 is 0 Å².